The normalized spacial score (nSPS) is 11.8. The van der Waals surface area contributed by atoms with Crippen LogP contribution in [0.3, 0.4) is 0 Å². The van der Waals surface area contributed by atoms with Gasteiger partial charge in [0.15, 0.2) is 6.10 Å². The zero-order valence-electron chi connectivity index (χ0n) is 10.7. The molecule has 100 valence electrons. The molecule has 1 atom stereocenters. The molecule has 1 aromatic carbocycles. The van der Waals surface area contributed by atoms with Crippen LogP contribution in [0.4, 0.5) is 0 Å². The van der Waals surface area contributed by atoms with Crippen molar-refractivity contribution in [3.05, 3.63) is 22.7 Å². The van der Waals surface area contributed by atoms with Crippen LogP contribution in [0.2, 0.25) is 0 Å². The molecule has 0 fully saturated rings. The number of hydrogen-bond acceptors (Lipinski definition) is 4. The van der Waals surface area contributed by atoms with Crippen molar-refractivity contribution < 1.29 is 19.0 Å². The Labute approximate surface area is 115 Å². The van der Waals surface area contributed by atoms with Gasteiger partial charge in [-0.05, 0) is 47.5 Å². The molecule has 18 heavy (non-hydrogen) atoms. The molecule has 1 unspecified atom stereocenters. The first kappa shape index (κ1) is 14.8. The van der Waals surface area contributed by atoms with E-state index in [1.807, 2.05) is 6.92 Å². The molecule has 1 rings (SSSR count). The summed E-state index contributed by atoms with van der Waals surface area (Å²) in [5.74, 6) is 0.973. The standard InChI is InChI=1S/C13H17BrO4/c1-4-11(13(15)17-5-2)18-9-6-7-12(16-3)10(14)8-9/h6-8,11H,4-5H2,1-3H3. The highest BCUT2D eigenvalue weighted by molar-refractivity contribution is 9.10. The molecule has 0 aliphatic rings. The minimum absolute atomic E-state index is 0.341. The van der Waals surface area contributed by atoms with Crippen LogP contribution in [0.25, 0.3) is 0 Å². The van der Waals surface area contributed by atoms with Crippen LogP contribution in [0.5, 0.6) is 11.5 Å². The second-order valence-electron chi connectivity index (χ2n) is 3.56. The second kappa shape index (κ2) is 7.26. The molecular weight excluding hydrogens is 300 g/mol. The number of rotatable bonds is 6. The largest absolute Gasteiger partial charge is 0.496 e. The summed E-state index contributed by atoms with van der Waals surface area (Å²) in [7, 11) is 1.59. The van der Waals surface area contributed by atoms with Gasteiger partial charge < -0.3 is 14.2 Å². The van der Waals surface area contributed by atoms with Crippen LogP contribution in [0.15, 0.2) is 22.7 Å². The Balaban J connectivity index is 2.76. The van der Waals surface area contributed by atoms with Gasteiger partial charge in [-0.1, -0.05) is 6.92 Å². The van der Waals surface area contributed by atoms with E-state index in [-0.39, 0.29) is 5.97 Å². The molecule has 0 radical (unpaired) electrons. The summed E-state index contributed by atoms with van der Waals surface area (Å²) in [4.78, 5) is 11.6. The van der Waals surface area contributed by atoms with E-state index < -0.39 is 6.10 Å². The number of benzene rings is 1. The number of esters is 1. The number of hydrogen-bond donors (Lipinski definition) is 0. The SMILES string of the molecule is CCOC(=O)C(CC)Oc1ccc(OC)c(Br)c1. The molecule has 1 aromatic rings. The predicted molar refractivity (Wildman–Crippen MR) is 72.0 cm³/mol. The molecule has 0 saturated carbocycles. The molecule has 0 bridgehead atoms. The van der Waals surface area contributed by atoms with E-state index in [4.69, 9.17) is 14.2 Å². The average Bonchev–Trinajstić information content (AvgIpc) is 2.36. The first-order valence-electron chi connectivity index (χ1n) is 5.79. The van der Waals surface area contributed by atoms with Crippen molar-refractivity contribution in [1.29, 1.82) is 0 Å². The second-order valence-corrected chi connectivity index (χ2v) is 4.42. The fourth-order valence-electron chi connectivity index (χ4n) is 1.42. The Morgan fingerprint density at radius 3 is 2.61 bits per heavy atom. The molecule has 0 amide bonds. The maximum absolute atomic E-state index is 11.6. The van der Waals surface area contributed by atoms with Crippen LogP contribution < -0.4 is 9.47 Å². The summed E-state index contributed by atoms with van der Waals surface area (Å²) < 4.78 is 16.4. The van der Waals surface area contributed by atoms with Crippen molar-refractivity contribution >= 4 is 21.9 Å². The number of carbonyl (C=O) groups excluding carboxylic acids is 1. The monoisotopic (exact) mass is 316 g/mol. The summed E-state index contributed by atoms with van der Waals surface area (Å²) in [5.41, 5.74) is 0. The topological polar surface area (TPSA) is 44.8 Å². The molecule has 0 spiro atoms. The lowest BCUT2D eigenvalue weighted by molar-refractivity contribution is -0.151. The third kappa shape index (κ3) is 3.91. The highest BCUT2D eigenvalue weighted by Crippen LogP contribution is 2.29. The van der Waals surface area contributed by atoms with Crippen LogP contribution in [-0.2, 0) is 9.53 Å². The molecule has 0 heterocycles. The van der Waals surface area contributed by atoms with Gasteiger partial charge in [-0.25, -0.2) is 4.79 Å². The van der Waals surface area contributed by atoms with Crippen LogP contribution >= 0.6 is 15.9 Å². The van der Waals surface area contributed by atoms with Crippen molar-refractivity contribution in [2.75, 3.05) is 13.7 Å². The summed E-state index contributed by atoms with van der Waals surface area (Å²) in [6.45, 7) is 4.00. The van der Waals surface area contributed by atoms with Crippen LogP contribution in [-0.4, -0.2) is 25.8 Å². The molecule has 5 heteroatoms. The first-order valence-corrected chi connectivity index (χ1v) is 6.58. The van der Waals surface area contributed by atoms with Gasteiger partial charge in [-0.2, -0.15) is 0 Å². The van der Waals surface area contributed by atoms with E-state index in [0.29, 0.717) is 24.5 Å². The van der Waals surface area contributed by atoms with Crippen molar-refractivity contribution in [3.8, 4) is 11.5 Å². The van der Waals surface area contributed by atoms with Crippen molar-refractivity contribution in [2.24, 2.45) is 0 Å². The highest BCUT2D eigenvalue weighted by Gasteiger charge is 2.19. The Morgan fingerprint density at radius 2 is 2.11 bits per heavy atom. The van der Waals surface area contributed by atoms with Crippen LogP contribution in [0, 0.1) is 0 Å². The summed E-state index contributed by atoms with van der Waals surface area (Å²) >= 11 is 3.37. The average molecular weight is 317 g/mol. The molecule has 0 saturated heterocycles. The van der Waals surface area contributed by atoms with Crippen molar-refractivity contribution in [1.82, 2.24) is 0 Å². The summed E-state index contributed by atoms with van der Waals surface area (Å²) in [6, 6.07) is 5.30. The van der Waals surface area contributed by atoms with E-state index in [0.717, 1.165) is 4.47 Å². The van der Waals surface area contributed by atoms with Gasteiger partial charge in [0.2, 0.25) is 0 Å². The van der Waals surface area contributed by atoms with Crippen molar-refractivity contribution in [2.45, 2.75) is 26.4 Å². The molecular formula is C13H17BrO4. The quantitative estimate of drug-likeness (QED) is 0.756. The first-order chi connectivity index (χ1) is 8.62. The maximum Gasteiger partial charge on any atom is 0.347 e. The number of ether oxygens (including phenoxy) is 3. The Kier molecular flexibility index (Phi) is 5.98. The smallest absolute Gasteiger partial charge is 0.347 e. The van der Waals surface area contributed by atoms with Gasteiger partial charge >= 0.3 is 5.97 Å². The number of methoxy groups -OCH3 is 1. The lowest BCUT2D eigenvalue weighted by atomic mass is 10.2. The van der Waals surface area contributed by atoms with Gasteiger partial charge in [-0.15, -0.1) is 0 Å². The maximum atomic E-state index is 11.6. The van der Waals surface area contributed by atoms with Gasteiger partial charge in [0.05, 0.1) is 18.2 Å². The zero-order valence-corrected chi connectivity index (χ0v) is 12.3. The van der Waals surface area contributed by atoms with Gasteiger partial charge in [0.25, 0.3) is 0 Å². The van der Waals surface area contributed by atoms with Crippen LogP contribution in [0.1, 0.15) is 20.3 Å². The predicted octanol–water partition coefficient (Wildman–Crippen LogP) is 3.18. The van der Waals surface area contributed by atoms with Gasteiger partial charge in [0.1, 0.15) is 11.5 Å². The Bertz CT molecular complexity index is 406. The minimum Gasteiger partial charge on any atom is -0.496 e. The summed E-state index contributed by atoms with van der Waals surface area (Å²) in [6.07, 6.45) is -0.0205. The third-order valence-corrected chi connectivity index (χ3v) is 2.94. The molecule has 4 nitrogen and oxygen atoms in total. The van der Waals surface area contributed by atoms with Gasteiger partial charge in [-0.3, -0.25) is 0 Å². The summed E-state index contributed by atoms with van der Waals surface area (Å²) in [5, 5.41) is 0. The van der Waals surface area contributed by atoms with E-state index >= 15 is 0 Å². The van der Waals surface area contributed by atoms with E-state index in [2.05, 4.69) is 15.9 Å². The third-order valence-electron chi connectivity index (χ3n) is 2.32. The van der Waals surface area contributed by atoms with Gasteiger partial charge in [0, 0.05) is 0 Å². The minimum atomic E-state index is -0.578. The lowest BCUT2D eigenvalue weighted by Crippen LogP contribution is -2.28. The highest BCUT2D eigenvalue weighted by atomic mass is 79.9. The fourth-order valence-corrected chi connectivity index (χ4v) is 1.94. The van der Waals surface area contributed by atoms with E-state index in [1.165, 1.54) is 0 Å². The fraction of sp³-hybridized carbons (Fsp3) is 0.462. The Morgan fingerprint density at radius 1 is 1.39 bits per heavy atom. The number of halogens is 1. The molecule has 0 N–H and O–H groups in total. The van der Waals surface area contributed by atoms with Crippen molar-refractivity contribution in [3.63, 3.8) is 0 Å². The Hall–Kier alpha value is -1.23. The molecule has 0 aromatic heterocycles. The van der Waals surface area contributed by atoms with E-state index in [1.54, 1.807) is 32.2 Å². The number of carbonyl (C=O) groups is 1. The lowest BCUT2D eigenvalue weighted by Gasteiger charge is -2.16. The zero-order chi connectivity index (χ0) is 13.5. The van der Waals surface area contributed by atoms with E-state index in [9.17, 15) is 4.79 Å². The molecule has 0 aliphatic carbocycles. The molecule has 0 aliphatic heterocycles.